The number of nitro groups is 1. The number of nitrogens with zero attached hydrogens (tertiary/aromatic N) is 4. The van der Waals surface area contributed by atoms with E-state index in [2.05, 4.69) is 4.98 Å². The highest BCUT2D eigenvalue weighted by Crippen LogP contribution is 2.40. The van der Waals surface area contributed by atoms with Crippen LogP contribution in [-0.2, 0) is 14.3 Å². The van der Waals surface area contributed by atoms with Gasteiger partial charge in [-0.1, -0.05) is 6.07 Å². The second-order valence-electron chi connectivity index (χ2n) is 7.76. The van der Waals surface area contributed by atoms with Crippen LogP contribution in [0.1, 0.15) is 28.6 Å². The van der Waals surface area contributed by atoms with Gasteiger partial charge in [0.2, 0.25) is 0 Å². The van der Waals surface area contributed by atoms with E-state index in [4.69, 9.17) is 4.74 Å². The Kier molecular flexibility index (Phi) is 5.69. The Labute approximate surface area is 188 Å². The molecule has 1 saturated heterocycles. The Morgan fingerprint density at radius 3 is 2.52 bits per heavy atom. The number of pyridine rings is 1. The van der Waals surface area contributed by atoms with Gasteiger partial charge in [-0.05, 0) is 43.2 Å². The first kappa shape index (κ1) is 22.2. The lowest BCUT2D eigenvalue weighted by Gasteiger charge is -2.24. The SMILES string of the molecule is COCCN1C(=O)C(=O)/C(=C(/O)c2nc3c(C)cccn3c2C)C1c1ccc([N+](=O)[O-])cc1. The number of ether oxygens (including phenoxy) is 1. The van der Waals surface area contributed by atoms with Crippen molar-refractivity contribution in [2.24, 2.45) is 0 Å². The predicted molar refractivity (Wildman–Crippen MR) is 119 cm³/mol. The third-order valence-electron chi connectivity index (χ3n) is 5.80. The Morgan fingerprint density at radius 2 is 1.91 bits per heavy atom. The Hall–Kier alpha value is -4.05. The number of nitro benzene ring substituents is 1. The lowest BCUT2D eigenvalue weighted by molar-refractivity contribution is -0.384. The van der Waals surface area contributed by atoms with Crippen molar-refractivity contribution >= 4 is 28.8 Å². The largest absolute Gasteiger partial charge is 0.505 e. The number of hydrogen-bond acceptors (Lipinski definition) is 7. The average molecular weight is 450 g/mol. The van der Waals surface area contributed by atoms with E-state index >= 15 is 0 Å². The number of fused-ring (bicyclic) bond motifs is 1. The summed E-state index contributed by atoms with van der Waals surface area (Å²) in [5.74, 6) is -2.02. The number of methoxy groups -OCH3 is 1. The van der Waals surface area contributed by atoms with Gasteiger partial charge < -0.3 is 19.1 Å². The van der Waals surface area contributed by atoms with Gasteiger partial charge in [0.05, 0.1) is 28.8 Å². The molecule has 0 bridgehead atoms. The van der Waals surface area contributed by atoms with Crippen molar-refractivity contribution in [2.45, 2.75) is 19.9 Å². The lowest BCUT2D eigenvalue weighted by atomic mass is 9.96. The lowest BCUT2D eigenvalue weighted by Crippen LogP contribution is -2.32. The number of ketones is 1. The molecule has 4 rings (SSSR count). The van der Waals surface area contributed by atoms with E-state index in [0.717, 1.165) is 5.56 Å². The standard InChI is InChI=1S/C23H22N4O6/c1-13-5-4-10-25-14(2)18(24-22(13)25)20(28)17-19(15-6-8-16(9-7-15)27(31)32)26(11-12-33-3)23(30)21(17)29/h4-10,19,28H,11-12H2,1-3H3/b20-17+. The van der Waals surface area contributed by atoms with E-state index in [9.17, 15) is 24.8 Å². The molecular weight excluding hydrogens is 428 g/mol. The summed E-state index contributed by atoms with van der Waals surface area (Å²) in [6, 6.07) is 8.33. The smallest absolute Gasteiger partial charge is 0.295 e. The number of aliphatic hydroxyl groups excluding tert-OH is 1. The van der Waals surface area contributed by atoms with Crippen LogP contribution in [0.2, 0.25) is 0 Å². The molecule has 10 nitrogen and oxygen atoms in total. The summed E-state index contributed by atoms with van der Waals surface area (Å²) in [6.07, 6.45) is 1.80. The van der Waals surface area contributed by atoms with Crippen LogP contribution in [0, 0.1) is 24.0 Å². The molecule has 0 radical (unpaired) electrons. The number of likely N-dealkylation sites (tertiary alicyclic amines) is 1. The van der Waals surface area contributed by atoms with Crippen molar-refractivity contribution in [1.82, 2.24) is 14.3 Å². The molecule has 2 aromatic heterocycles. The van der Waals surface area contributed by atoms with Crippen molar-refractivity contribution < 1.29 is 24.4 Å². The molecule has 0 saturated carbocycles. The summed E-state index contributed by atoms with van der Waals surface area (Å²) < 4.78 is 6.88. The summed E-state index contributed by atoms with van der Waals surface area (Å²) in [7, 11) is 1.47. The van der Waals surface area contributed by atoms with Gasteiger partial charge in [0.25, 0.3) is 17.4 Å². The maximum Gasteiger partial charge on any atom is 0.295 e. The second-order valence-corrected chi connectivity index (χ2v) is 7.76. The minimum atomic E-state index is -0.939. The highest BCUT2D eigenvalue weighted by atomic mass is 16.6. The zero-order chi connectivity index (χ0) is 23.9. The molecule has 1 amide bonds. The van der Waals surface area contributed by atoms with Crippen molar-refractivity contribution in [3.8, 4) is 0 Å². The zero-order valence-electron chi connectivity index (χ0n) is 18.3. The van der Waals surface area contributed by atoms with Gasteiger partial charge in [0, 0.05) is 32.0 Å². The van der Waals surface area contributed by atoms with Gasteiger partial charge in [-0.15, -0.1) is 0 Å². The molecule has 33 heavy (non-hydrogen) atoms. The Bertz CT molecular complexity index is 1310. The Morgan fingerprint density at radius 1 is 1.21 bits per heavy atom. The number of aryl methyl sites for hydroxylation is 2. The molecule has 1 N–H and O–H groups in total. The van der Waals surface area contributed by atoms with Crippen LogP contribution in [0.5, 0.6) is 0 Å². The van der Waals surface area contributed by atoms with E-state index in [0.29, 0.717) is 16.9 Å². The number of Topliss-reactive ketones (excluding diaryl/α,β-unsaturated/α-hetero) is 1. The quantitative estimate of drug-likeness (QED) is 0.201. The van der Waals surface area contributed by atoms with Crippen LogP contribution in [0.15, 0.2) is 48.2 Å². The summed E-state index contributed by atoms with van der Waals surface area (Å²) in [5.41, 5.74) is 2.52. The average Bonchev–Trinajstić information content (AvgIpc) is 3.27. The van der Waals surface area contributed by atoms with E-state index < -0.39 is 28.4 Å². The Balaban J connectivity index is 1.91. The fourth-order valence-electron chi connectivity index (χ4n) is 4.10. The molecule has 170 valence electrons. The number of aromatic nitrogens is 2. The number of rotatable bonds is 6. The molecule has 1 aromatic carbocycles. The molecule has 0 aliphatic carbocycles. The van der Waals surface area contributed by atoms with E-state index in [1.807, 2.05) is 19.1 Å². The minimum Gasteiger partial charge on any atom is -0.505 e. The van der Waals surface area contributed by atoms with Gasteiger partial charge in [-0.3, -0.25) is 19.7 Å². The van der Waals surface area contributed by atoms with Crippen LogP contribution in [0.4, 0.5) is 5.69 Å². The number of imidazole rings is 1. The van der Waals surface area contributed by atoms with Gasteiger partial charge in [0.15, 0.2) is 5.76 Å². The van der Waals surface area contributed by atoms with Crippen LogP contribution >= 0.6 is 0 Å². The van der Waals surface area contributed by atoms with Crippen molar-refractivity contribution in [1.29, 1.82) is 0 Å². The summed E-state index contributed by atoms with van der Waals surface area (Å²) in [5, 5.41) is 22.3. The molecule has 1 atom stereocenters. The second kappa shape index (κ2) is 8.47. The van der Waals surface area contributed by atoms with Gasteiger partial charge in [-0.25, -0.2) is 4.98 Å². The van der Waals surface area contributed by atoms with Crippen LogP contribution in [0.3, 0.4) is 0 Å². The summed E-state index contributed by atoms with van der Waals surface area (Å²) in [6.45, 7) is 3.91. The first-order valence-electron chi connectivity index (χ1n) is 10.2. The number of hydrogen-bond donors (Lipinski definition) is 1. The van der Waals surface area contributed by atoms with Crippen molar-refractivity contribution in [3.05, 3.63) is 80.8 Å². The maximum atomic E-state index is 13.1. The maximum absolute atomic E-state index is 13.1. The van der Waals surface area contributed by atoms with Crippen LogP contribution < -0.4 is 0 Å². The zero-order valence-corrected chi connectivity index (χ0v) is 18.3. The number of carbonyl (C=O) groups excluding carboxylic acids is 2. The molecule has 1 fully saturated rings. The highest BCUT2D eigenvalue weighted by Gasteiger charge is 2.46. The topological polar surface area (TPSA) is 127 Å². The molecule has 3 aromatic rings. The first-order chi connectivity index (χ1) is 15.8. The van der Waals surface area contributed by atoms with Crippen LogP contribution in [0.25, 0.3) is 11.4 Å². The summed E-state index contributed by atoms with van der Waals surface area (Å²) >= 11 is 0. The van der Waals surface area contributed by atoms with Gasteiger partial charge >= 0.3 is 0 Å². The number of aliphatic hydroxyl groups is 1. The number of non-ortho nitro benzene ring substituents is 1. The molecular formula is C23H22N4O6. The van der Waals surface area contributed by atoms with Gasteiger partial charge in [-0.2, -0.15) is 0 Å². The molecule has 1 aliphatic heterocycles. The third kappa shape index (κ3) is 3.64. The van der Waals surface area contributed by atoms with Gasteiger partial charge in [0.1, 0.15) is 11.3 Å². The molecule has 3 heterocycles. The number of benzene rings is 1. The molecule has 10 heteroatoms. The fourth-order valence-corrected chi connectivity index (χ4v) is 4.10. The minimum absolute atomic E-state index is 0.1000. The predicted octanol–water partition coefficient (Wildman–Crippen LogP) is 2.93. The first-order valence-corrected chi connectivity index (χ1v) is 10.2. The fraction of sp³-hybridized carbons (Fsp3) is 0.261. The monoisotopic (exact) mass is 450 g/mol. The summed E-state index contributed by atoms with van der Waals surface area (Å²) in [4.78, 5) is 42.3. The van der Waals surface area contributed by atoms with Crippen molar-refractivity contribution in [2.75, 3.05) is 20.3 Å². The number of amides is 1. The van der Waals surface area contributed by atoms with Crippen molar-refractivity contribution in [3.63, 3.8) is 0 Å². The normalized spacial score (nSPS) is 17.8. The third-order valence-corrected chi connectivity index (χ3v) is 5.80. The van der Waals surface area contributed by atoms with E-state index in [1.54, 1.807) is 17.5 Å². The van der Waals surface area contributed by atoms with E-state index in [-0.39, 0.29) is 30.1 Å². The van der Waals surface area contributed by atoms with E-state index in [1.165, 1.54) is 36.3 Å². The highest BCUT2D eigenvalue weighted by molar-refractivity contribution is 6.46. The molecule has 1 unspecified atom stereocenters. The number of carbonyl (C=O) groups is 2. The van der Waals surface area contributed by atoms with Crippen LogP contribution in [-0.4, -0.2) is 56.3 Å². The molecule has 1 aliphatic rings. The molecule has 0 spiro atoms.